The largest absolute Gasteiger partial charge is 0.324 e. The van der Waals surface area contributed by atoms with Gasteiger partial charge in [-0.05, 0) is 63.2 Å². The number of para-hydroxylation sites is 2. The molecule has 6 heteroatoms. The van der Waals surface area contributed by atoms with Crippen LogP contribution in [0.3, 0.4) is 0 Å². The first-order valence-corrected chi connectivity index (χ1v) is 11.0. The highest BCUT2D eigenvalue weighted by Crippen LogP contribution is 2.29. The van der Waals surface area contributed by atoms with Crippen LogP contribution in [0.4, 0.5) is 8.78 Å². The summed E-state index contributed by atoms with van der Waals surface area (Å²) in [4.78, 5) is 7.03. The Balaban J connectivity index is 1.65. The molecule has 1 aliphatic rings. The molecule has 1 heterocycles. The summed E-state index contributed by atoms with van der Waals surface area (Å²) < 4.78 is 31.9. The lowest BCUT2D eigenvalue weighted by atomic mass is 10.1. The number of imidazole rings is 1. The van der Waals surface area contributed by atoms with Gasteiger partial charge in [-0.3, -0.25) is 0 Å². The molecule has 1 aliphatic carbocycles. The van der Waals surface area contributed by atoms with Crippen LogP contribution < -0.4 is 5.32 Å². The average Bonchev–Trinajstić information content (AvgIpc) is 3.52. The number of nitrogens with zero attached hydrogens (tertiary/aromatic N) is 3. The molecule has 1 saturated carbocycles. The molecule has 0 amide bonds. The van der Waals surface area contributed by atoms with Crippen molar-refractivity contribution in [2.24, 2.45) is 0 Å². The normalized spacial score (nSPS) is 14.2. The maximum atomic E-state index is 15.1. The van der Waals surface area contributed by atoms with Crippen LogP contribution in [-0.2, 0) is 13.1 Å². The highest BCUT2D eigenvalue weighted by atomic mass is 19.1. The molecule has 1 fully saturated rings. The second-order valence-electron chi connectivity index (χ2n) is 8.03. The molecule has 30 heavy (non-hydrogen) atoms. The summed E-state index contributed by atoms with van der Waals surface area (Å²) in [7, 11) is 0. The van der Waals surface area contributed by atoms with Crippen molar-refractivity contribution in [2.75, 3.05) is 19.6 Å². The van der Waals surface area contributed by atoms with E-state index in [0.717, 1.165) is 49.9 Å². The van der Waals surface area contributed by atoms with Crippen LogP contribution >= 0.6 is 0 Å². The van der Waals surface area contributed by atoms with Crippen molar-refractivity contribution in [3.8, 4) is 11.4 Å². The van der Waals surface area contributed by atoms with Gasteiger partial charge in [0.2, 0.25) is 0 Å². The van der Waals surface area contributed by atoms with E-state index in [1.54, 1.807) is 0 Å². The predicted octanol–water partition coefficient (Wildman–Crippen LogP) is 4.97. The number of hydrogen-bond donors (Lipinski definition) is 1. The highest BCUT2D eigenvalue weighted by molar-refractivity contribution is 5.80. The van der Waals surface area contributed by atoms with Crippen LogP contribution in [0.2, 0.25) is 0 Å². The third kappa shape index (κ3) is 4.55. The second-order valence-corrected chi connectivity index (χ2v) is 8.03. The van der Waals surface area contributed by atoms with Gasteiger partial charge in [0.05, 0.1) is 16.6 Å². The van der Waals surface area contributed by atoms with Crippen molar-refractivity contribution in [3.63, 3.8) is 0 Å². The van der Waals surface area contributed by atoms with Crippen LogP contribution in [0, 0.1) is 11.6 Å². The smallest absolute Gasteiger partial charge is 0.144 e. The minimum absolute atomic E-state index is 0.224. The fraction of sp³-hybridized carbons (Fsp3) is 0.458. The number of benzene rings is 2. The number of halogens is 2. The standard InChI is InChI=1S/C24H30F2N4/c1-3-29(4-2)12-7-13-30-23-9-6-5-8-22(23)28-24(30)19-15-20(25)17(14-21(19)26)16-27-18-10-11-18/h5-6,8-9,14-15,18,27H,3-4,7,10-13,16H2,1-2H3. The fourth-order valence-corrected chi connectivity index (χ4v) is 3.94. The van der Waals surface area contributed by atoms with E-state index in [-0.39, 0.29) is 11.4 Å². The topological polar surface area (TPSA) is 33.1 Å². The number of fused-ring (bicyclic) bond motifs is 1. The first-order chi connectivity index (χ1) is 14.6. The minimum atomic E-state index is -0.427. The summed E-state index contributed by atoms with van der Waals surface area (Å²) in [5.74, 6) is -0.320. The van der Waals surface area contributed by atoms with E-state index in [0.29, 0.717) is 30.5 Å². The van der Waals surface area contributed by atoms with Crippen molar-refractivity contribution in [2.45, 2.75) is 52.2 Å². The van der Waals surface area contributed by atoms with Gasteiger partial charge < -0.3 is 14.8 Å². The molecule has 0 saturated heterocycles. The van der Waals surface area contributed by atoms with Gasteiger partial charge in [0, 0.05) is 24.7 Å². The van der Waals surface area contributed by atoms with Crippen LogP contribution in [0.1, 0.15) is 38.7 Å². The Morgan fingerprint density at radius 1 is 1.10 bits per heavy atom. The summed E-state index contributed by atoms with van der Waals surface area (Å²) >= 11 is 0. The average molecular weight is 413 g/mol. The van der Waals surface area contributed by atoms with E-state index >= 15 is 4.39 Å². The van der Waals surface area contributed by atoms with Crippen LogP contribution in [0.25, 0.3) is 22.4 Å². The number of hydrogen-bond acceptors (Lipinski definition) is 3. The van der Waals surface area contributed by atoms with Gasteiger partial charge in [-0.2, -0.15) is 0 Å². The first kappa shape index (κ1) is 20.9. The van der Waals surface area contributed by atoms with Crippen LogP contribution in [-0.4, -0.2) is 40.1 Å². The van der Waals surface area contributed by atoms with E-state index in [2.05, 4.69) is 29.0 Å². The summed E-state index contributed by atoms with van der Waals surface area (Å²) in [6, 6.07) is 10.9. The molecule has 1 aromatic heterocycles. The van der Waals surface area contributed by atoms with E-state index in [1.807, 2.05) is 28.8 Å². The summed E-state index contributed by atoms with van der Waals surface area (Å²) in [5.41, 5.74) is 2.34. The van der Waals surface area contributed by atoms with Gasteiger partial charge in [-0.15, -0.1) is 0 Å². The molecule has 4 nitrogen and oxygen atoms in total. The molecule has 1 N–H and O–H groups in total. The molecule has 0 atom stereocenters. The summed E-state index contributed by atoms with van der Waals surface area (Å²) in [5, 5.41) is 3.25. The van der Waals surface area contributed by atoms with E-state index in [9.17, 15) is 4.39 Å². The van der Waals surface area contributed by atoms with E-state index < -0.39 is 5.82 Å². The third-order valence-electron chi connectivity index (χ3n) is 5.94. The molecule has 160 valence electrons. The second kappa shape index (κ2) is 9.23. The quantitative estimate of drug-likeness (QED) is 0.511. The first-order valence-electron chi connectivity index (χ1n) is 11.0. The van der Waals surface area contributed by atoms with Gasteiger partial charge in [0.15, 0.2) is 0 Å². The molecule has 0 bridgehead atoms. The van der Waals surface area contributed by atoms with Crippen molar-refractivity contribution >= 4 is 11.0 Å². The maximum Gasteiger partial charge on any atom is 0.144 e. The lowest BCUT2D eigenvalue weighted by Gasteiger charge is -2.18. The summed E-state index contributed by atoms with van der Waals surface area (Å²) in [6.07, 6.45) is 3.14. The Labute approximate surface area is 176 Å². The molecular weight excluding hydrogens is 382 g/mol. The molecule has 3 aromatic rings. The molecular formula is C24H30F2N4. The third-order valence-corrected chi connectivity index (χ3v) is 5.94. The molecule has 0 aliphatic heterocycles. The number of aromatic nitrogens is 2. The lowest BCUT2D eigenvalue weighted by Crippen LogP contribution is -2.25. The Kier molecular flexibility index (Phi) is 6.44. The zero-order valence-electron chi connectivity index (χ0n) is 17.8. The predicted molar refractivity (Wildman–Crippen MR) is 117 cm³/mol. The van der Waals surface area contributed by atoms with Gasteiger partial charge in [0.1, 0.15) is 17.5 Å². The molecule has 0 spiro atoms. The monoisotopic (exact) mass is 412 g/mol. The Bertz CT molecular complexity index is 1010. The summed E-state index contributed by atoms with van der Waals surface area (Å²) in [6.45, 7) is 8.33. The van der Waals surface area contributed by atoms with Crippen molar-refractivity contribution in [1.29, 1.82) is 0 Å². The Morgan fingerprint density at radius 2 is 1.87 bits per heavy atom. The van der Waals surface area contributed by atoms with Gasteiger partial charge in [0.25, 0.3) is 0 Å². The van der Waals surface area contributed by atoms with Crippen molar-refractivity contribution in [1.82, 2.24) is 19.8 Å². The minimum Gasteiger partial charge on any atom is -0.324 e. The Morgan fingerprint density at radius 3 is 2.60 bits per heavy atom. The highest BCUT2D eigenvalue weighted by Gasteiger charge is 2.22. The van der Waals surface area contributed by atoms with Crippen LogP contribution in [0.15, 0.2) is 36.4 Å². The lowest BCUT2D eigenvalue weighted by molar-refractivity contribution is 0.294. The van der Waals surface area contributed by atoms with Crippen molar-refractivity contribution in [3.05, 3.63) is 53.6 Å². The fourth-order valence-electron chi connectivity index (χ4n) is 3.94. The van der Waals surface area contributed by atoms with Gasteiger partial charge in [-0.1, -0.05) is 26.0 Å². The number of aryl methyl sites for hydroxylation is 1. The Hall–Kier alpha value is -2.31. The van der Waals surface area contributed by atoms with E-state index in [1.165, 1.54) is 12.1 Å². The van der Waals surface area contributed by atoms with E-state index in [4.69, 9.17) is 0 Å². The number of rotatable bonds is 10. The molecule has 4 rings (SSSR count). The molecule has 0 radical (unpaired) electrons. The zero-order chi connectivity index (χ0) is 21.1. The van der Waals surface area contributed by atoms with Crippen molar-refractivity contribution < 1.29 is 8.78 Å². The molecule has 0 unspecified atom stereocenters. The van der Waals surface area contributed by atoms with Gasteiger partial charge in [-0.25, -0.2) is 13.8 Å². The van der Waals surface area contributed by atoms with Crippen LogP contribution in [0.5, 0.6) is 0 Å². The SMILES string of the molecule is CCN(CC)CCCn1c(-c2cc(F)c(CNC3CC3)cc2F)nc2ccccc21. The maximum absolute atomic E-state index is 15.1. The zero-order valence-corrected chi connectivity index (χ0v) is 17.8. The number of nitrogens with one attached hydrogen (secondary N) is 1. The van der Waals surface area contributed by atoms with Gasteiger partial charge >= 0.3 is 0 Å². The molecule has 2 aromatic carbocycles.